The van der Waals surface area contributed by atoms with Gasteiger partial charge in [-0.2, -0.15) is 13.2 Å². The maximum Gasteiger partial charge on any atom is 0.395 e. The first kappa shape index (κ1) is 26.9. The first-order chi connectivity index (χ1) is 18.7. The van der Waals surface area contributed by atoms with Gasteiger partial charge in [-0.1, -0.05) is 11.3 Å². The molecule has 1 aliphatic heterocycles. The minimum Gasteiger partial charge on any atom is -0.363 e. The number of anilines is 5. The fourth-order valence-electron chi connectivity index (χ4n) is 4.14. The van der Waals surface area contributed by atoms with Crippen LogP contribution in [0, 0.1) is 13.8 Å². The van der Waals surface area contributed by atoms with Gasteiger partial charge in [0.2, 0.25) is 0 Å². The number of aryl methyl sites for hydroxylation is 2. The Labute approximate surface area is 232 Å². The summed E-state index contributed by atoms with van der Waals surface area (Å²) in [5, 5.41) is 21.1. The van der Waals surface area contributed by atoms with Crippen LogP contribution in [0.1, 0.15) is 29.0 Å². The van der Waals surface area contributed by atoms with Crippen molar-refractivity contribution in [1.82, 2.24) is 10.2 Å². The first-order valence-corrected chi connectivity index (χ1v) is 14.0. The molecule has 0 radical (unpaired) electrons. The summed E-state index contributed by atoms with van der Waals surface area (Å²) in [5.74, 6) is 0. The third kappa shape index (κ3) is 7.24. The van der Waals surface area contributed by atoms with E-state index in [4.69, 9.17) is 0 Å². The zero-order chi connectivity index (χ0) is 27.4. The summed E-state index contributed by atoms with van der Waals surface area (Å²) in [5.41, 5.74) is 11.7. The van der Waals surface area contributed by atoms with Crippen LogP contribution in [0.4, 0.5) is 51.1 Å². The number of azo groups is 1. The van der Waals surface area contributed by atoms with Crippen molar-refractivity contribution < 1.29 is 13.2 Å². The van der Waals surface area contributed by atoms with Gasteiger partial charge in [-0.15, -0.1) is 31.8 Å². The summed E-state index contributed by atoms with van der Waals surface area (Å²) in [6, 6.07) is 16.0. The van der Waals surface area contributed by atoms with Crippen molar-refractivity contribution >= 4 is 60.6 Å². The number of benzene rings is 2. The quantitative estimate of drug-likeness (QED) is 0.138. The second-order valence-electron chi connectivity index (χ2n) is 9.21. The fraction of sp³-hybridized carbons (Fsp3) is 0.308. The van der Waals surface area contributed by atoms with E-state index in [2.05, 4.69) is 59.7 Å². The van der Waals surface area contributed by atoms with Gasteiger partial charge < -0.3 is 21.1 Å². The van der Waals surface area contributed by atoms with Crippen LogP contribution in [0.25, 0.3) is 0 Å². The van der Waals surface area contributed by atoms with Crippen molar-refractivity contribution in [3.63, 3.8) is 0 Å². The smallest absolute Gasteiger partial charge is 0.363 e. The number of nitrogens with zero attached hydrogens (tertiary/aromatic N) is 5. The Balaban J connectivity index is 1.16. The second-order valence-corrected chi connectivity index (χ2v) is 11.3. The number of alkyl halides is 3. The Kier molecular flexibility index (Phi) is 7.98. The molecule has 4 aromatic rings. The van der Waals surface area contributed by atoms with Crippen LogP contribution in [-0.2, 0) is 6.42 Å². The summed E-state index contributed by atoms with van der Waals surface area (Å²) in [6.45, 7) is 6.19. The molecule has 2 aromatic carbocycles. The Morgan fingerprint density at radius 3 is 2.38 bits per heavy atom. The lowest BCUT2D eigenvalue weighted by atomic mass is 10.2. The topological polar surface area (TPSA) is 89.8 Å². The van der Waals surface area contributed by atoms with Gasteiger partial charge in [-0.3, -0.25) is 0 Å². The zero-order valence-corrected chi connectivity index (χ0v) is 23.0. The van der Waals surface area contributed by atoms with Gasteiger partial charge in [-0.25, -0.2) is 0 Å². The van der Waals surface area contributed by atoms with E-state index in [0.29, 0.717) is 5.69 Å². The molecular formula is C26H27F3N8S2. The highest BCUT2D eigenvalue weighted by atomic mass is 32.1. The number of hydrogen-bond donors (Lipinski definition) is 3. The molecule has 1 saturated heterocycles. The van der Waals surface area contributed by atoms with E-state index in [0.717, 1.165) is 57.6 Å². The molecule has 39 heavy (non-hydrogen) atoms. The van der Waals surface area contributed by atoms with Gasteiger partial charge in [0.25, 0.3) is 5.13 Å². The molecule has 8 nitrogen and oxygen atoms in total. The highest BCUT2D eigenvalue weighted by Gasteiger charge is 2.29. The van der Waals surface area contributed by atoms with E-state index in [1.165, 1.54) is 17.8 Å². The Morgan fingerprint density at radius 2 is 1.64 bits per heavy atom. The molecule has 0 bridgehead atoms. The van der Waals surface area contributed by atoms with Crippen LogP contribution in [0.15, 0.2) is 58.8 Å². The van der Waals surface area contributed by atoms with Gasteiger partial charge in [0.15, 0.2) is 0 Å². The zero-order valence-electron chi connectivity index (χ0n) is 21.3. The molecule has 1 fully saturated rings. The number of hydrogen-bond acceptors (Lipinski definition) is 10. The molecule has 2 aromatic heterocycles. The third-order valence-electron chi connectivity index (χ3n) is 6.09. The average molecular weight is 573 g/mol. The largest absolute Gasteiger partial charge is 0.395 e. The maximum absolute atomic E-state index is 12.5. The molecule has 0 amide bonds. The van der Waals surface area contributed by atoms with E-state index >= 15 is 0 Å². The van der Waals surface area contributed by atoms with Crippen LogP contribution < -0.4 is 21.1 Å². The Morgan fingerprint density at radius 1 is 0.872 bits per heavy atom. The van der Waals surface area contributed by atoms with Crippen molar-refractivity contribution in [3.05, 3.63) is 64.7 Å². The minimum absolute atomic E-state index is 0.0806. The Hall–Kier alpha value is -3.71. The normalized spacial score (nSPS) is 13.8. The van der Waals surface area contributed by atoms with E-state index in [1.807, 2.05) is 38.1 Å². The van der Waals surface area contributed by atoms with Crippen LogP contribution in [0.3, 0.4) is 0 Å². The standard InChI is InChI=1S/C26H27F3N8S2/c1-16-13-18(30-22-9-10-24(38-22)37-11-3-4-12-37)5-7-20(16)32-31-19-6-8-21(17(2)14-19)33-35-25-36-34-23(39-25)15-26(27,28)29/h5-10,13-14,30-32H,3-4,11-12,15H2,1-2H3. The molecule has 0 aliphatic carbocycles. The van der Waals surface area contributed by atoms with E-state index in [-0.39, 0.29) is 10.1 Å². The number of thiophene rings is 1. The highest BCUT2D eigenvalue weighted by molar-refractivity contribution is 7.20. The maximum atomic E-state index is 12.5. The molecule has 5 rings (SSSR count). The lowest BCUT2D eigenvalue weighted by Crippen LogP contribution is -2.15. The average Bonchev–Trinajstić information content (AvgIpc) is 3.65. The molecule has 204 valence electrons. The number of nitrogens with one attached hydrogen (secondary N) is 3. The summed E-state index contributed by atoms with van der Waals surface area (Å²) in [7, 11) is 0. The predicted octanol–water partition coefficient (Wildman–Crippen LogP) is 8.52. The minimum atomic E-state index is -4.33. The molecule has 0 atom stereocenters. The SMILES string of the molecule is Cc1cc(NNc2ccc(Nc3ccc(N4CCCC4)s3)cc2C)ccc1N=Nc1nnc(CC(F)(F)F)s1. The number of hydrazine groups is 1. The lowest BCUT2D eigenvalue weighted by Gasteiger charge is -2.15. The molecule has 13 heteroatoms. The number of rotatable bonds is 9. The monoisotopic (exact) mass is 572 g/mol. The second kappa shape index (κ2) is 11.6. The van der Waals surface area contributed by atoms with Crippen molar-refractivity contribution in [2.24, 2.45) is 10.2 Å². The van der Waals surface area contributed by atoms with E-state index in [9.17, 15) is 13.2 Å². The first-order valence-electron chi connectivity index (χ1n) is 12.4. The van der Waals surface area contributed by atoms with Gasteiger partial charge >= 0.3 is 6.18 Å². The number of halogens is 3. The summed E-state index contributed by atoms with van der Waals surface area (Å²) < 4.78 is 37.5. The van der Waals surface area contributed by atoms with Crippen molar-refractivity contribution in [1.29, 1.82) is 0 Å². The van der Waals surface area contributed by atoms with Crippen LogP contribution in [0.2, 0.25) is 0 Å². The van der Waals surface area contributed by atoms with Crippen LogP contribution in [0.5, 0.6) is 0 Å². The Bertz CT molecular complexity index is 1460. The van der Waals surface area contributed by atoms with Crippen molar-refractivity contribution in [2.45, 2.75) is 39.3 Å². The molecular weight excluding hydrogens is 545 g/mol. The van der Waals surface area contributed by atoms with Crippen molar-refractivity contribution in [3.8, 4) is 0 Å². The van der Waals surface area contributed by atoms with Gasteiger partial charge in [0.1, 0.15) is 5.01 Å². The summed E-state index contributed by atoms with van der Waals surface area (Å²) >= 11 is 2.55. The summed E-state index contributed by atoms with van der Waals surface area (Å²) in [4.78, 5) is 2.44. The van der Waals surface area contributed by atoms with Crippen molar-refractivity contribution in [2.75, 3.05) is 34.2 Å². The molecule has 1 aliphatic rings. The van der Waals surface area contributed by atoms with Crippen LogP contribution in [-0.4, -0.2) is 29.5 Å². The molecule has 3 N–H and O–H groups in total. The van der Waals surface area contributed by atoms with Crippen LogP contribution >= 0.6 is 22.7 Å². The molecule has 0 saturated carbocycles. The third-order valence-corrected chi connectivity index (χ3v) is 7.96. The highest BCUT2D eigenvalue weighted by Crippen LogP contribution is 2.35. The molecule has 0 spiro atoms. The van der Waals surface area contributed by atoms with E-state index in [1.54, 1.807) is 17.4 Å². The summed E-state index contributed by atoms with van der Waals surface area (Å²) in [6.07, 6.45) is -2.93. The fourth-order valence-corrected chi connectivity index (χ4v) is 5.81. The van der Waals surface area contributed by atoms with Gasteiger partial charge in [0, 0.05) is 18.8 Å². The van der Waals surface area contributed by atoms with E-state index < -0.39 is 12.6 Å². The lowest BCUT2D eigenvalue weighted by molar-refractivity contribution is -0.127. The molecule has 0 unspecified atom stereocenters. The molecule has 3 heterocycles. The predicted molar refractivity (Wildman–Crippen MR) is 152 cm³/mol. The van der Waals surface area contributed by atoms with Gasteiger partial charge in [-0.05, 0) is 86.3 Å². The van der Waals surface area contributed by atoms with Gasteiger partial charge in [0.05, 0.1) is 33.5 Å². The number of aromatic nitrogens is 2.